The van der Waals surface area contributed by atoms with Crippen molar-refractivity contribution in [1.82, 2.24) is 5.32 Å². The quantitative estimate of drug-likeness (QED) is 0.647. The normalized spacial score (nSPS) is 13.4. The molecule has 0 spiro atoms. The molecule has 0 aliphatic heterocycles. The summed E-state index contributed by atoms with van der Waals surface area (Å²) >= 11 is 0. The third-order valence-corrected chi connectivity index (χ3v) is 6.17. The number of nitrogens with zero attached hydrogens (tertiary/aromatic N) is 1. The number of amides is 1. The molecule has 2 rings (SSSR count). The smallest absolute Gasteiger partial charge is 0.244 e. The monoisotopic (exact) mass is 432 g/mol. The highest BCUT2D eigenvalue weighted by Crippen LogP contribution is 2.26. The van der Waals surface area contributed by atoms with Crippen LogP contribution in [0.3, 0.4) is 0 Å². The third kappa shape index (κ3) is 5.75. The molecule has 2 aromatic rings. The number of ether oxygens (including phenoxy) is 1. The number of benzene rings is 2. The summed E-state index contributed by atoms with van der Waals surface area (Å²) in [6.45, 7) is 10.1. The van der Waals surface area contributed by atoms with E-state index >= 15 is 0 Å². The molecule has 30 heavy (non-hydrogen) atoms. The largest absolute Gasteiger partial charge is 0.494 e. The standard InChI is InChI=1S/C23H32N2O4S/c1-7-22(23(26)24-18(5)21-15-16(3)9-10-17(21)4)25(30(6,27)28)19-11-13-20(14-12-19)29-8-2/h9-15,18,22H,7-8H2,1-6H3,(H,24,26)/t18-,22+/m1/s1. The van der Waals surface area contributed by atoms with Crippen molar-refractivity contribution in [2.24, 2.45) is 0 Å². The zero-order valence-corrected chi connectivity index (χ0v) is 19.4. The SMILES string of the molecule is CCOc1ccc(N([C@@H](CC)C(=O)N[C@H](C)c2cc(C)ccc2C)S(C)(=O)=O)cc1. The van der Waals surface area contributed by atoms with Crippen LogP contribution >= 0.6 is 0 Å². The van der Waals surface area contributed by atoms with Crippen LogP contribution < -0.4 is 14.4 Å². The minimum absolute atomic E-state index is 0.242. The zero-order valence-electron chi connectivity index (χ0n) is 18.6. The van der Waals surface area contributed by atoms with Gasteiger partial charge in [0, 0.05) is 0 Å². The molecule has 0 saturated carbocycles. The van der Waals surface area contributed by atoms with Gasteiger partial charge in [-0.25, -0.2) is 8.42 Å². The van der Waals surface area contributed by atoms with Crippen LogP contribution in [0.1, 0.15) is 49.9 Å². The van der Waals surface area contributed by atoms with E-state index in [9.17, 15) is 13.2 Å². The van der Waals surface area contributed by atoms with Crippen molar-refractivity contribution in [2.75, 3.05) is 17.2 Å². The molecule has 0 radical (unpaired) electrons. The van der Waals surface area contributed by atoms with Crippen LogP contribution in [-0.4, -0.2) is 33.2 Å². The second-order valence-corrected chi connectivity index (χ2v) is 9.36. The van der Waals surface area contributed by atoms with Gasteiger partial charge in [-0.2, -0.15) is 0 Å². The molecule has 2 aromatic carbocycles. The number of rotatable bonds is 9. The highest BCUT2D eigenvalue weighted by atomic mass is 32.2. The molecule has 1 amide bonds. The zero-order chi connectivity index (χ0) is 22.5. The van der Waals surface area contributed by atoms with Gasteiger partial charge < -0.3 is 10.1 Å². The van der Waals surface area contributed by atoms with Crippen molar-refractivity contribution in [2.45, 2.75) is 53.1 Å². The first kappa shape index (κ1) is 23.7. The fourth-order valence-electron chi connectivity index (χ4n) is 3.53. The van der Waals surface area contributed by atoms with Gasteiger partial charge in [-0.3, -0.25) is 9.10 Å². The van der Waals surface area contributed by atoms with Crippen molar-refractivity contribution in [1.29, 1.82) is 0 Å². The highest BCUT2D eigenvalue weighted by molar-refractivity contribution is 7.92. The Morgan fingerprint density at radius 2 is 1.73 bits per heavy atom. The van der Waals surface area contributed by atoms with E-state index in [1.54, 1.807) is 31.2 Å². The van der Waals surface area contributed by atoms with Gasteiger partial charge in [0.25, 0.3) is 0 Å². The van der Waals surface area contributed by atoms with E-state index < -0.39 is 16.1 Å². The average molecular weight is 433 g/mol. The van der Waals surface area contributed by atoms with Crippen LogP contribution in [0.4, 0.5) is 5.69 Å². The molecule has 6 nitrogen and oxygen atoms in total. The summed E-state index contributed by atoms with van der Waals surface area (Å²) in [5.74, 6) is 0.320. The van der Waals surface area contributed by atoms with E-state index in [1.807, 2.05) is 45.9 Å². The average Bonchev–Trinajstić information content (AvgIpc) is 2.67. The molecule has 0 saturated heterocycles. The Morgan fingerprint density at radius 3 is 2.27 bits per heavy atom. The minimum atomic E-state index is -3.68. The van der Waals surface area contributed by atoms with E-state index in [2.05, 4.69) is 5.32 Å². The molecule has 1 N–H and O–H groups in total. The van der Waals surface area contributed by atoms with Crippen LogP contribution in [-0.2, 0) is 14.8 Å². The van der Waals surface area contributed by atoms with Gasteiger partial charge in [-0.15, -0.1) is 0 Å². The number of anilines is 1. The Labute approximate surface area is 180 Å². The van der Waals surface area contributed by atoms with Crippen molar-refractivity contribution >= 4 is 21.6 Å². The van der Waals surface area contributed by atoms with E-state index in [-0.39, 0.29) is 11.9 Å². The molecule has 164 valence electrons. The number of aryl methyl sites for hydroxylation is 2. The maximum Gasteiger partial charge on any atom is 0.244 e. The topological polar surface area (TPSA) is 75.7 Å². The van der Waals surface area contributed by atoms with Gasteiger partial charge >= 0.3 is 0 Å². The van der Waals surface area contributed by atoms with Crippen LogP contribution in [0.5, 0.6) is 5.75 Å². The Balaban J connectivity index is 2.32. The maximum atomic E-state index is 13.1. The van der Waals surface area contributed by atoms with Gasteiger partial charge in [0.15, 0.2) is 0 Å². The van der Waals surface area contributed by atoms with E-state index in [1.165, 1.54) is 4.31 Å². The van der Waals surface area contributed by atoms with Crippen molar-refractivity contribution in [3.8, 4) is 5.75 Å². The first-order valence-electron chi connectivity index (χ1n) is 10.2. The fraction of sp³-hybridized carbons (Fsp3) is 0.435. The summed E-state index contributed by atoms with van der Waals surface area (Å²) in [6, 6.07) is 11.7. The van der Waals surface area contributed by atoms with Crippen LogP contribution in [0.2, 0.25) is 0 Å². The molecule has 0 unspecified atom stereocenters. The lowest BCUT2D eigenvalue weighted by atomic mass is 9.99. The van der Waals surface area contributed by atoms with Gasteiger partial charge in [0.1, 0.15) is 11.8 Å². The van der Waals surface area contributed by atoms with Gasteiger partial charge in [0.2, 0.25) is 15.9 Å². The van der Waals surface area contributed by atoms with E-state index in [4.69, 9.17) is 4.74 Å². The summed E-state index contributed by atoms with van der Waals surface area (Å²) in [5.41, 5.74) is 3.64. The minimum Gasteiger partial charge on any atom is -0.494 e. The van der Waals surface area contributed by atoms with E-state index in [0.717, 1.165) is 22.9 Å². The molecular formula is C23H32N2O4S. The first-order chi connectivity index (χ1) is 14.1. The molecule has 0 bridgehead atoms. The Kier molecular flexibility index (Phi) is 7.89. The lowest BCUT2D eigenvalue weighted by molar-refractivity contribution is -0.122. The molecular weight excluding hydrogens is 400 g/mol. The fourth-order valence-corrected chi connectivity index (χ4v) is 4.74. The number of nitrogens with one attached hydrogen (secondary N) is 1. The molecule has 0 fully saturated rings. The van der Waals surface area contributed by atoms with Gasteiger partial charge in [-0.05, 0) is 69.5 Å². The van der Waals surface area contributed by atoms with Gasteiger partial charge in [-0.1, -0.05) is 30.7 Å². The molecule has 2 atom stereocenters. The number of carbonyl (C=O) groups is 1. The number of carbonyl (C=O) groups excluding carboxylic acids is 1. The predicted octanol–water partition coefficient (Wildman–Crippen LogP) is 4.12. The van der Waals surface area contributed by atoms with Gasteiger partial charge in [0.05, 0.1) is 24.6 Å². The summed E-state index contributed by atoms with van der Waals surface area (Å²) in [5, 5.41) is 3.00. The Bertz CT molecular complexity index is 971. The van der Waals surface area contributed by atoms with Crippen molar-refractivity contribution in [3.63, 3.8) is 0 Å². The third-order valence-electron chi connectivity index (χ3n) is 4.99. The molecule has 0 aliphatic carbocycles. The molecule has 7 heteroatoms. The maximum absolute atomic E-state index is 13.1. The molecule has 0 aliphatic rings. The summed E-state index contributed by atoms with van der Waals surface area (Å²) in [7, 11) is -3.68. The van der Waals surface area contributed by atoms with Crippen molar-refractivity contribution < 1.29 is 17.9 Å². The molecule has 0 heterocycles. The van der Waals surface area contributed by atoms with Crippen LogP contribution in [0.25, 0.3) is 0 Å². The number of hydrogen-bond donors (Lipinski definition) is 1. The predicted molar refractivity (Wildman–Crippen MR) is 121 cm³/mol. The first-order valence-corrected chi connectivity index (χ1v) is 12.0. The second-order valence-electron chi connectivity index (χ2n) is 7.50. The Hall–Kier alpha value is -2.54. The summed E-state index contributed by atoms with van der Waals surface area (Å²) < 4.78 is 31.9. The van der Waals surface area contributed by atoms with E-state index in [0.29, 0.717) is 24.5 Å². The Morgan fingerprint density at radius 1 is 1.10 bits per heavy atom. The lowest BCUT2D eigenvalue weighted by Gasteiger charge is -2.31. The number of sulfonamides is 1. The van der Waals surface area contributed by atoms with Crippen LogP contribution in [0, 0.1) is 13.8 Å². The number of hydrogen-bond acceptors (Lipinski definition) is 4. The summed E-state index contributed by atoms with van der Waals surface area (Å²) in [4.78, 5) is 13.1. The van der Waals surface area contributed by atoms with Crippen LogP contribution in [0.15, 0.2) is 42.5 Å². The second kappa shape index (κ2) is 9.98. The lowest BCUT2D eigenvalue weighted by Crippen LogP contribution is -2.49. The summed E-state index contributed by atoms with van der Waals surface area (Å²) in [6.07, 6.45) is 1.46. The molecule has 0 aromatic heterocycles. The van der Waals surface area contributed by atoms with Crippen molar-refractivity contribution in [3.05, 3.63) is 59.2 Å². The highest BCUT2D eigenvalue weighted by Gasteiger charge is 2.32.